The molecule has 0 radical (unpaired) electrons. The molecule has 0 aliphatic heterocycles. The van der Waals surface area contributed by atoms with Crippen LogP contribution in [0.3, 0.4) is 0 Å². The molecule has 2 rings (SSSR count). The first-order valence-electron chi connectivity index (χ1n) is 6.46. The summed E-state index contributed by atoms with van der Waals surface area (Å²) in [6.07, 6.45) is 0.882. The fraction of sp³-hybridized carbons (Fsp3) is 0.250. The molecule has 0 heterocycles. The molecule has 2 aromatic rings. The van der Waals surface area contributed by atoms with Gasteiger partial charge in [-0.3, -0.25) is 0 Å². The largest absolute Gasteiger partial charge is 0.310 e. The van der Waals surface area contributed by atoms with E-state index in [2.05, 4.69) is 28.2 Å². The van der Waals surface area contributed by atoms with E-state index < -0.39 is 0 Å². The first-order chi connectivity index (χ1) is 9.54. The molecule has 1 atom stereocenters. The predicted molar refractivity (Wildman–Crippen MR) is 85.6 cm³/mol. The standard InChI is InChI=1S/C16H16BrClFN/c1-11(8-12-2-5-15(18)6-3-12)20-10-13-9-14(17)4-7-16(13)19/h2-7,9,11,20H,8,10H2,1H3. The molecule has 1 nitrogen and oxygen atoms in total. The van der Waals surface area contributed by atoms with E-state index in [1.54, 1.807) is 12.1 Å². The van der Waals surface area contributed by atoms with E-state index in [1.807, 2.05) is 24.3 Å². The van der Waals surface area contributed by atoms with Crippen molar-refractivity contribution < 1.29 is 4.39 Å². The molecule has 0 saturated heterocycles. The molecule has 4 heteroatoms. The Labute approximate surface area is 132 Å². The van der Waals surface area contributed by atoms with E-state index in [9.17, 15) is 4.39 Å². The Morgan fingerprint density at radius 1 is 1.20 bits per heavy atom. The number of hydrogen-bond acceptors (Lipinski definition) is 1. The summed E-state index contributed by atoms with van der Waals surface area (Å²) in [4.78, 5) is 0. The Morgan fingerprint density at radius 3 is 2.60 bits per heavy atom. The zero-order valence-corrected chi connectivity index (χ0v) is 13.5. The van der Waals surface area contributed by atoms with Gasteiger partial charge in [0.25, 0.3) is 0 Å². The molecular formula is C16H16BrClFN. The van der Waals surface area contributed by atoms with E-state index >= 15 is 0 Å². The molecule has 0 saturated carbocycles. The Balaban J connectivity index is 1.90. The summed E-state index contributed by atoms with van der Waals surface area (Å²) < 4.78 is 14.5. The lowest BCUT2D eigenvalue weighted by Gasteiger charge is -2.14. The van der Waals surface area contributed by atoms with Crippen LogP contribution >= 0.6 is 27.5 Å². The van der Waals surface area contributed by atoms with Crippen molar-refractivity contribution in [1.82, 2.24) is 5.32 Å². The van der Waals surface area contributed by atoms with Gasteiger partial charge in [-0.2, -0.15) is 0 Å². The van der Waals surface area contributed by atoms with Gasteiger partial charge in [0.2, 0.25) is 0 Å². The molecule has 0 spiro atoms. The van der Waals surface area contributed by atoms with Gasteiger partial charge in [0.15, 0.2) is 0 Å². The van der Waals surface area contributed by atoms with E-state index in [-0.39, 0.29) is 11.9 Å². The maximum absolute atomic E-state index is 13.6. The first-order valence-corrected chi connectivity index (χ1v) is 7.63. The minimum absolute atomic E-state index is 0.181. The van der Waals surface area contributed by atoms with Gasteiger partial charge in [-0.15, -0.1) is 0 Å². The van der Waals surface area contributed by atoms with Gasteiger partial charge in [0, 0.05) is 27.6 Å². The van der Waals surface area contributed by atoms with Gasteiger partial charge in [-0.1, -0.05) is 39.7 Å². The average Bonchev–Trinajstić information content (AvgIpc) is 2.42. The van der Waals surface area contributed by atoms with Crippen molar-refractivity contribution in [1.29, 1.82) is 0 Å². The van der Waals surface area contributed by atoms with Crippen molar-refractivity contribution in [2.75, 3.05) is 0 Å². The Morgan fingerprint density at radius 2 is 1.90 bits per heavy atom. The number of hydrogen-bond donors (Lipinski definition) is 1. The molecule has 20 heavy (non-hydrogen) atoms. The third-order valence-corrected chi connectivity index (χ3v) is 3.85. The number of rotatable bonds is 5. The number of halogens is 3. The van der Waals surface area contributed by atoms with Gasteiger partial charge in [0.05, 0.1) is 0 Å². The fourth-order valence-electron chi connectivity index (χ4n) is 2.01. The van der Waals surface area contributed by atoms with Crippen molar-refractivity contribution in [2.45, 2.75) is 25.9 Å². The van der Waals surface area contributed by atoms with Crippen LogP contribution in [0.4, 0.5) is 4.39 Å². The van der Waals surface area contributed by atoms with Crippen LogP contribution in [0.2, 0.25) is 5.02 Å². The average molecular weight is 357 g/mol. The van der Waals surface area contributed by atoms with Crippen molar-refractivity contribution in [3.8, 4) is 0 Å². The summed E-state index contributed by atoms with van der Waals surface area (Å²) in [6, 6.07) is 13.0. The Hall–Kier alpha value is -0.900. The molecule has 0 amide bonds. The van der Waals surface area contributed by atoms with E-state index in [4.69, 9.17) is 11.6 Å². The van der Waals surface area contributed by atoms with Crippen molar-refractivity contribution in [3.05, 3.63) is 68.9 Å². The third kappa shape index (κ3) is 4.58. The summed E-state index contributed by atoms with van der Waals surface area (Å²) in [5.41, 5.74) is 1.88. The van der Waals surface area contributed by atoms with E-state index in [0.29, 0.717) is 12.1 Å². The van der Waals surface area contributed by atoms with Crippen LogP contribution in [0.15, 0.2) is 46.9 Å². The zero-order valence-electron chi connectivity index (χ0n) is 11.2. The molecule has 0 aliphatic carbocycles. The minimum Gasteiger partial charge on any atom is -0.310 e. The van der Waals surface area contributed by atoms with Gasteiger partial charge in [-0.25, -0.2) is 4.39 Å². The lowest BCUT2D eigenvalue weighted by molar-refractivity contribution is 0.525. The van der Waals surface area contributed by atoms with Crippen LogP contribution < -0.4 is 5.32 Å². The molecule has 0 bridgehead atoms. The SMILES string of the molecule is CC(Cc1ccc(Cl)cc1)NCc1cc(Br)ccc1F. The van der Waals surface area contributed by atoms with Crippen LogP contribution in [-0.4, -0.2) is 6.04 Å². The Kier molecular flexibility index (Phi) is 5.58. The molecular weight excluding hydrogens is 341 g/mol. The van der Waals surface area contributed by atoms with Crippen molar-refractivity contribution in [2.24, 2.45) is 0 Å². The molecule has 106 valence electrons. The van der Waals surface area contributed by atoms with Crippen LogP contribution in [0.25, 0.3) is 0 Å². The number of benzene rings is 2. The van der Waals surface area contributed by atoms with Crippen LogP contribution in [0.5, 0.6) is 0 Å². The number of nitrogens with one attached hydrogen (secondary N) is 1. The second-order valence-corrected chi connectivity index (χ2v) is 6.20. The highest BCUT2D eigenvalue weighted by Gasteiger charge is 2.06. The van der Waals surface area contributed by atoms with Crippen molar-refractivity contribution in [3.63, 3.8) is 0 Å². The van der Waals surface area contributed by atoms with Crippen LogP contribution in [0.1, 0.15) is 18.1 Å². The fourth-order valence-corrected chi connectivity index (χ4v) is 2.54. The monoisotopic (exact) mass is 355 g/mol. The topological polar surface area (TPSA) is 12.0 Å². The maximum atomic E-state index is 13.6. The summed E-state index contributed by atoms with van der Waals surface area (Å²) in [7, 11) is 0. The quantitative estimate of drug-likeness (QED) is 0.798. The zero-order chi connectivity index (χ0) is 14.5. The first kappa shape index (κ1) is 15.5. The Bertz CT molecular complexity index is 571. The van der Waals surface area contributed by atoms with Gasteiger partial charge in [0.1, 0.15) is 5.82 Å². The minimum atomic E-state index is -0.181. The third-order valence-electron chi connectivity index (χ3n) is 3.10. The molecule has 0 aliphatic rings. The van der Waals surface area contributed by atoms with Crippen molar-refractivity contribution >= 4 is 27.5 Å². The molecule has 2 aromatic carbocycles. The van der Waals surface area contributed by atoms with Gasteiger partial charge < -0.3 is 5.32 Å². The summed E-state index contributed by atoms with van der Waals surface area (Å²) in [5.74, 6) is -0.181. The molecule has 1 unspecified atom stereocenters. The van der Waals surface area contributed by atoms with Crippen LogP contribution in [0, 0.1) is 5.82 Å². The molecule has 0 fully saturated rings. The summed E-state index contributed by atoms with van der Waals surface area (Å²) >= 11 is 9.22. The van der Waals surface area contributed by atoms with Gasteiger partial charge in [-0.05, 0) is 49.2 Å². The molecule has 1 N–H and O–H groups in total. The predicted octanol–water partition coefficient (Wildman–Crippen LogP) is 4.96. The normalized spacial score (nSPS) is 12.4. The smallest absolute Gasteiger partial charge is 0.127 e. The second kappa shape index (κ2) is 7.21. The molecule has 0 aromatic heterocycles. The lowest BCUT2D eigenvalue weighted by Crippen LogP contribution is -2.27. The van der Waals surface area contributed by atoms with Gasteiger partial charge >= 0.3 is 0 Å². The summed E-state index contributed by atoms with van der Waals surface area (Å²) in [5, 5.41) is 4.08. The lowest BCUT2D eigenvalue weighted by atomic mass is 10.1. The summed E-state index contributed by atoms with van der Waals surface area (Å²) in [6.45, 7) is 2.60. The van der Waals surface area contributed by atoms with Crippen LogP contribution in [-0.2, 0) is 13.0 Å². The van der Waals surface area contributed by atoms with E-state index in [0.717, 1.165) is 15.9 Å². The van der Waals surface area contributed by atoms with E-state index in [1.165, 1.54) is 11.6 Å². The maximum Gasteiger partial charge on any atom is 0.127 e. The highest BCUT2D eigenvalue weighted by atomic mass is 79.9. The highest BCUT2D eigenvalue weighted by molar-refractivity contribution is 9.10. The second-order valence-electron chi connectivity index (χ2n) is 4.85. The highest BCUT2D eigenvalue weighted by Crippen LogP contribution is 2.16.